The van der Waals surface area contributed by atoms with Crippen molar-refractivity contribution in [3.63, 3.8) is 0 Å². The third-order valence-corrected chi connectivity index (χ3v) is 6.83. The van der Waals surface area contributed by atoms with E-state index in [4.69, 9.17) is 21.3 Å². The van der Waals surface area contributed by atoms with Crippen molar-refractivity contribution in [2.75, 3.05) is 26.5 Å². The number of rotatable bonds is 6. The Labute approximate surface area is 189 Å². The van der Waals surface area contributed by atoms with Crippen molar-refractivity contribution in [3.8, 4) is 5.75 Å². The Hall–Kier alpha value is -2.42. The van der Waals surface area contributed by atoms with E-state index in [-0.39, 0.29) is 18.0 Å². The summed E-state index contributed by atoms with van der Waals surface area (Å²) in [5.41, 5.74) is 1.53. The van der Waals surface area contributed by atoms with E-state index in [2.05, 4.69) is 5.32 Å². The molecule has 2 heterocycles. The van der Waals surface area contributed by atoms with Crippen molar-refractivity contribution in [1.29, 1.82) is 0 Å². The summed E-state index contributed by atoms with van der Waals surface area (Å²) < 4.78 is 6.65. The van der Waals surface area contributed by atoms with Gasteiger partial charge in [-0.05, 0) is 63.5 Å². The largest absolute Gasteiger partial charge is 0.495 e. The smallest absolute Gasteiger partial charge is 0.263 e. The van der Waals surface area contributed by atoms with E-state index in [0.29, 0.717) is 34.2 Å². The first-order valence-corrected chi connectivity index (χ1v) is 11.4. The molecule has 0 radical (unpaired) electrons. The SMILES string of the molecule is COc1ccc(NC(=O)Cn2c(CN(C)C)nc3sc4c(c3c2=O)CCCC4)cc1Cl. The molecule has 1 amide bonds. The van der Waals surface area contributed by atoms with Crippen LogP contribution >= 0.6 is 22.9 Å². The Morgan fingerprint density at radius 3 is 2.81 bits per heavy atom. The highest BCUT2D eigenvalue weighted by Gasteiger charge is 2.23. The van der Waals surface area contributed by atoms with Crippen LogP contribution in [0.15, 0.2) is 23.0 Å². The number of aryl methyl sites for hydroxylation is 2. The van der Waals surface area contributed by atoms with Gasteiger partial charge in [0.05, 0.1) is 24.1 Å². The van der Waals surface area contributed by atoms with Crippen LogP contribution in [0.3, 0.4) is 0 Å². The Kier molecular flexibility index (Phi) is 6.31. The predicted octanol–water partition coefficient (Wildman–Crippen LogP) is 3.70. The van der Waals surface area contributed by atoms with Crippen LogP contribution in [0, 0.1) is 0 Å². The Balaban J connectivity index is 1.69. The molecular weight excluding hydrogens is 436 g/mol. The minimum absolute atomic E-state index is 0.112. The molecule has 31 heavy (non-hydrogen) atoms. The van der Waals surface area contributed by atoms with Gasteiger partial charge >= 0.3 is 0 Å². The van der Waals surface area contributed by atoms with E-state index in [1.807, 2.05) is 19.0 Å². The van der Waals surface area contributed by atoms with Gasteiger partial charge in [0.25, 0.3) is 5.56 Å². The summed E-state index contributed by atoms with van der Waals surface area (Å²) in [4.78, 5) is 35.1. The second-order valence-electron chi connectivity index (χ2n) is 7.95. The number of methoxy groups -OCH3 is 1. The summed E-state index contributed by atoms with van der Waals surface area (Å²) in [6, 6.07) is 5.02. The van der Waals surface area contributed by atoms with Crippen LogP contribution in [0.4, 0.5) is 5.69 Å². The number of nitrogens with zero attached hydrogens (tertiary/aromatic N) is 3. The predicted molar refractivity (Wildman–Crippen MR) is 125 cm³/mol. The number of thiophene rings is 1. The molecule has 0 saturated carbocycles. The van der Waals surface area contributed by atoms with Crippen LogP contribution in [0.5, 0.6) is 5.75 Å². The Bertz CT molecular complexity index is 1200. The molecule has 7 nitrogen and oxygen atoms in total. The van der Waals surface area contributed by atoms with E-state index in [9.17, 15) is 9.59 Å². The summed E-state index contributed by atoms with van der Waals surface area (Å²) in [6.07, 6.45) is 4.12. The van der Waals surface area contributed by atoms with E-state index in [0.717, 1.165) is 36.1 Å². The molecule has 1 aromatic carbocycles. The van der Waals surface area contributed by atoms with Crippen molar-refractivity contribution >= 4 is 44.7 Å². The molecule has 0 fully saturated rings. The lowest BCUT2D eigenvalue weighted by atomic mass is 9.97. The highest BCUT2D eigenvalue weighted by atomic mass is 35.5. The second-order valence-corrected chi connectivity index (χ2v) is 9.44. The van der Waals surface area contributed by atoms with Gasteiger partial charge in [0.15, 0.2) is 0 Å². The van der Waals surface area contributed by atoms with Crippen molar-refractivity contribution < 1.29 is 9.53 Å². The van der Waals surface area contributed by atoms with E-state index in [1.165, 1.54) is 16.6 Å². The van der Waals surface area contributed by atoms with Gasteiger partial charge in [0.2, 0.25) is 5.91 Å². The second kappa shape index (κ2) is 8.98. The van der Waals surface area contributed by atoms with Crippen LogP contribution in [-0.4, -0.2) is 41.6 Å². The number of hydrogen-bond acceptors (Lipinski definition) is 6. The van der Waals surface area contributed by atoms with Gasteiger partial charge in [-0.15, -0.1) is 11.3 Å². The fourth-order valence-corrected chi connectivity index (χ4v) is 5.46. The highest BCUT2D eigenvalue weighted by molar-refractivity contribution is 7.18. The average molecular weight is 461 g/mol. The zero-order chi connectivity index (χ0) is 22.1. The van der Waals surface area contributed by atoms with Crippen molar-refractivity contribution in [2.24, 2.45) is 0 Å². The molecule has 9 heteroatoms. The molecule has 164 valence electrons. The number of carbonyl (C=O) groups is 1. The lowest BCUT2D eigenvalue weighted by molar-refractivity contribution is -0.116. The summed E-state index contributed by atoms with van der Waals surface area (Å²) >= 11 is 7.78. The first-order chi connectivity index (χ1) is 14.9. The highest BCUT2D eigenvalue weighted by Crippen LogP contribution is 2.34. The number of carbonyl (C=O) groups excluding carboxylic acids is 1. The van der Waals surface area contributed by atoms with Crippen molar-refractivity contribution in [3.05, 3.63) is 49.8 Å². The van der Waals surface area contributed by atoms with E-state index < -0.39 is 0 Å². The molecule has 0 atom stereocenters. The van der Waals surface area contributed by atoms with Crippen molar-refractivity contribution in [1.82, 2.24) is 14.5 Å². The quantitative estimate of drug-likeness (QED) is 0.607. The zero-order valence-electron chi connectivity index (χ0n) is 17.8. The molecular formula is C22H25ClN4O3S. The lowest BCUT2D eigenvalue weighted by Gasteiger charge is -2.16. The molecule has 3 aromatic rings. The Morgan fingerprint density at radius 2 is 2.10 bits per heavy atom. The van der Waals surface area contributed by atoms with Gasteiger partial charge in [-0.25, -0.2) is 4.98 Å². The maximum atomic E-state index is 13.5. The molecule has 0 spiro atoms. The normalized spacial score (nSPS) is 13.5. The molecule has 1 aliphatic carbocycles. The average Bonchev–Trinajstić information content (AvgIpc) is 3.09. The van der Waals surface area contributed by atoms with Gasteiger partial charge in [0, 0.05) is 10.6 Å². The number of hydrogen-bond donors (Lipinski definition) is 1. The molecule has 1 N–H and O–H groups in total. The molecule has 0 bridgehead atoms. The third-order valence-electron chi connectivity index (χ3n) is 5.35. The topological polar surface area (TPSA) is 76.5 Å². The maximum Gasteiger partial charge on any atom is 0.263 e. The molecule has 2 aromatic heterocycles. The van der Waals surface area contributed by atoms with Crippen LogP contribution in [0.1, 0.15) is 29.1 Å². The molecule has 0 aliphatic heterocycles. The summed E-state index contributed by atoms with van der Waals surface area (Å²) in [5.74, 6) is 0.804. The van der Waals surface area contributed by atoms with Gasteiger partial charge in [-0.1, -0.05) is 11.6 Å². The minimum Gasteiger partial charge on any atom is -0.495 e. The van der Waals surface area contributed by atoms with Gasteiger partial charge in [-0.3, -0.25) is 14.2 Å². The lowest BCUT2D eigenvalue weighted by Crippen LogP contribution is -2.33. The maximum absolute atomic E-state index is 13.5. The number of halogens is 1. The summed E-state index contributed by atoms with van der Waals surface area (Å²) in [7, 11) is 5.36. The number of aromatic nitrogens is 2. The number of anilines is 1. The summed E-state index contributed by atoms with van der Waals surface area (Å²) in [6.45, 7) is 0.356. The first-order valence-electron chi connectivity index (χ1n) is 10.2. The molecule has 0 unspecified atom stereocenters. The van der Waals surface area contributed by atoms with Gasteiger partial charge < -0.3 is 15.0 Å². The van der Waals surface area contributed by atoms with Gasteiger partial charge in [0.1, 0.15) is 22.9 Å². The van der Waals surface area contributed by atoms with Crippen LogP contribution in [0.2, 0.25) is 5.02 Å². The number of amides is 1. The fourth-order valence-electron chi connectivity index (χ4n) is 3.94. The van der Waals surface area contributed by atoms with Crippen LogP contribution in [0.25, 0.3) is 10.2 Å². The van der Waals surface area contributed by atoms with E-state index >= 15 is 0 Å². The number of ether oxygens (including phenoxy) is 1. The standard InChI is InChI=1S/C22H25ClN4O3S/c1-26(2)11-18-25-21-20(14-6-4-5-7-17(14)31-21)22(29)27(18)12-19(28)24-13-8-9-16(30-3)15(23)10-13/h8-10H,4-7,11-12H2,1-3H3,(H,24,28). The monoisotopic (exact) mass is 460 g/mol. The van der Waals surface area contributed by atoms with E-state index in [1.54, 1.807) is 29.5 Å². The summed E-state index contributed by atoms with van der Waals surface area (Å²) in [5, 5.41) is 3.90. The minimum atomic E-state index is -0.311. The zero-order valence-corrected chi connectivity index (χ0v) is 19.4. The number of nitrogens with one attached hydrogen (secondary N) is 1. The van der Waals surface area contributed by atoms with Crippen LogP contribution in [-0.2, 0) is 30.7 Å². The fraction of sp³-hybridized carbons (Fsp3) is 0.409. The molecule has 1 aliphatic rings. The first kappa shape index (κ1) is 21.8. The van der Waals surface area contributed by atoms with Crippen LogP contribution < -0.4 is 15.6 Å². The third kappa shape index (κ3) is 4.46. The molecule has 0 saturated heterocycles. The van der Waals surface area contributed by atoms with Crippen molar-refractivity contribution in [2.45, 2.75) is 38.8 Å². The number of benzene rings is 1. The molecule has 4 rings (SSSR count). The Morgan fingerprint density at radius 1 is 1.32 bits per heavy atom. The van der Waals surface area contributed by atoms with Gasteiger partial charge in [-0.2, -0.15) is 0 Å². The number of fused-ring (bicyclic) bond motifs is 3.